The lowest BCUT2D eigenvalue weighted by atomic mass is 9.89. The molecule has 0 saturated heterocycles. The van der Waals surface area contributed by atoms with E-state index in [1.165, 1.54) is 32.1 Å². The summed E-state index contributed by atoms with van der Waals surface area (Å²) in [6.07, 6.45) is 12.2. The number of nitrogens with zero attached hydrogens (tertiary/aromatic N) is 3. The van der Waals surface area contributed by atoms with Crippen molar-refractivity contribution in [1.29, 1.82) is 0 Å². The Bertz CT molecular complexity index is 1270. The molecule has 0 unspecified atom stereocenters. The molecule has 0 radical (unpaired) electrons. The average molecular weight is 425 g/mol. The molecule has 1 aliphatic rings. The summed E-state index contributed by atoms with van der Waals surface area (Å²) < 4.78 is 2.22. The van der Waals surface area contributed by atoms with Crippen LogP contribution in [0.3, 0.4) is 0 Å². The van der Waals surface area contributed by atoms with Crippen LogP contribution in [0.5, 0.6) is 0 Å². The molecule has 1 amide bonds. The van der Waals surface area contributed by atoms with Crippen LogP contribution >= 0.6 is 0 Å². The summed E-state index contributed by atoms with van der Waals surface area (Å²) >= 11 is 0. The third-order valence-corrected chi connectivity index (χ3v) is 6.52. The molecule has 1 aliphatic carbocycles. The molecule has 0 atom stereocenters. The summed E-state index contributed by atoms with van der Waals surface area (Å²) in [6, 6.07) is 13.9. The van der Waals surface area contributed by atoms with Gasteiger partial charge < -0.3 is 9.72 Å². The van der Waals surface area contributed by atoms with Gasteiger partial charge in [0.05, 0.1) is 23.0 Å². The first-order chi connectivity index (χ1) is 15.6. The second-order valence-electron chi connectivity index (χ2n) is 8.81. The molecule has 3 heterocycles. The van der Waals surface area contributed by atoms with E-state index in [2.05, 4.69) is 33.0 Å². The number of aryl methyl sites for hydroxylation is 2. The predicted molar refractivity (Wildman–Crippen MR) is 128 cm³/mol. The molecule has 4 aromatic rings. The Kier molecular flexibility index (Phi) is 5.48. The van der Waals surface area contributed by atoms with Gasteiger partial charge in [0.25, 0.3) is 5.91 Å². The van der Waals surface area contributed by atoms with Crippen molar-refractivity contribution in [3.05, 3.63) is 83.7 Å². The van der Waals surface area contributed by atoms with E-state index in [-0.39, 0.29) is 5.91 Å². The lowest BCUT2D eigenvalue weighted by Crippen LogP contribution is -2.14. The number of nitrogens with one attached hydrogen (secondary N) is 1. The maximum atomic E-state index is 13.0. The van der Waals surface area contributed by atoms with Crippen molar-refractivity contribution in [2.45, 2.75) is 51.9 Å². The number of amides is 1. The van der Waals surface area contributed by atoms with Crippen LogP contribution in [0.25, 0.3) is 16.6 Å². The number of pyridine rings is 2. The second kappa shape index (κ2) is 8.58. The van der Waals surface area contributed by atoms with Crippen molar-refractivity contribution < 1.29 is 4.79 Å². The van der Waals surface area contributed by atoms with Gasteiger partial charge in [-0.25, -0.2) is 4.98 Å². The number of carbonyl (C=O) groups excluding carboxylic acids is 1. The smallest absolute Gasteiger partial charge is 0.257 e. The number of hydrogen-bond acceptors (Lipinski definition) is 3. The third-order valence-electron chi connectivity index (χ3n) is 6.52. The topological polar surface area (TPSA) is 59.3 Å². The first-order valence-electron chi connectivity index (χ1n) is 11.4. The van der Waals surface area contributed by atoms with Gasteiger partial charge in [0.15, 0.2) is 0 Å². The van der Waals surface area contributed by atoms with Crippen LogP contribution in [0.2, 0.25) is 0 Å². The van der Waals surface area contributed by atoms with Crippen molar-refractivity contribution in [1.82, 2.24) is 14.4 Å². The van der Waals surface area contributed by atoms with E-state index in [4.69, 9.17) is 4.98 Å². The SMILES string of the molecule is Cc1ccc(NC(=O)c2cc(-c3cccn4c(C5CCCCC5)ncc34)cnc2C)cc1. The maximum Gasteiger partial charge on any atom is 0.257 e. The zero-order valence-electron chi connectivity index (χ0n) is 18.6. The largest absolute Gasteiger partial charge is 0.322 e. The van der Waals surface area contributed by atoms with Crippen molar-refractivity contribution in [2.24, 2.45) is 0 Å². The summed E-state index contributed by atoms with van der Waals surface area (Å²) in [7, 11) is 0. The van der Waals surface area contributed by atoms with Gasteiger partial charge in [-0.1, -0.05) is 43.0 Å². The van der Waals surface area contributed by atoms with Crippen LogP contribution < -0.4 is 5.32 Å². The van der Waals surface area contributed by atoms with E-state index < -0.39 is 0 Å². The van der Waals surface area contributed by atoms with Gasteiger partial charge in [-0.05, 0) is 51.0 Å². The summed E-state index contributed by atoms with van der Waals surface area (Å²) in [4.78, 5) is 22.4. The lowest BCUT2D eigenvalue weighted by molar-refractivity contribution is 0.102. The number of hydrogen-bond donors (Lipinski definition) is 1. The number of carbonyl (C=O) groups is 1. The van der Waals surface area contributed by atoms with Crippen LogP contribution in [0.1, 0.15) is 65.5 Å². The predicted octanol–water partition coefficient (Wildman–Crippen LogP) is 6.31. The van der Waals surface area contributed by atoms with Crippen molar-refractivity contribution in [3.8, 4) is 11.1 Å². The average Bonchev–Trinajstić information content (AvgIpc) is 3.26. The molecular weight excluding hydrogens is 396 g/mol. The highest BCUT2D eigenvalue weighted by Gasteiger charge is 2.21. The molecule has 1 saturated carbocycles. The first kappa shape index (κ1) is 20.4. The van der Waals surface area contributed by atoms with E-state index in [1.807, 2.05) is 56.6 Å². The Labute approximate surface area is 188 Å². The minimum atomic E-state index is -0.149. The number of benzene rings is 1. The van der Waals surface area contributed by atoms with Crippen molar-refractivity contribution in [3.63, 3.8) is 0 Å². The number of rotatable bonds is 4. The monoisotopic (exact) mass is 424 g/mol. The second-order valence-corrected chi connectivity index (χ2v) is 8.81. The summed E-state index contributed by atoms with van der Waals surface area (Å²) in [6.45, 7) is 3.90. The molecular formula is C27H28N4O. The molecule has 0 spiro atoms. The Morgan fingerprint density at radius 1 is 1.00 bits per heavy atom. The van der Waals surface area contributed by atoms with Gasteiger partial charge in [-0.3, -0.25) is 9.78 Å². The molecule has 1 N–H and O–H groups in total. The minimum absolute atomic E-state index is 0.149. The minimum Gasteiger partial charge on any atom is -0.322 e. The van der Waals surface area contributed by atoms with Gasteiger partial charge >= 0.3 is 0 Å². The Morgan fingerprint density at radius 2 is 1.78 bits per heavy atom. The van der Waals surface area contributed by atoms with Gasteiger partial charge in [0.2, 0.25) is 0 Å². The van der Waals surface area contributed by atoms with Gasteiger partial charge in [-0.15, -0.1) is 0 Å². The Balaban J connectivity index is 1.49. The van der Waals surface area contributed by atoms with Crippen LogP contribution in [0, 0.1) is 13.8 Å². The highest BCUT2D eigenvalue weighted by Crippen LogP contribution is 2.34. The maximum absolute atomic E-state index is 13.0. The molecule has 1 aromatic carbocycles. The van der Waals surface area contributed by atoms with Crippen LogP contribution in [-0.4, -0.2) is 20.3 Å². The Hall–Kier alpha value is -3.47. The zero-order valence-corrected chi connectivity index (χ0v) is 18.6. The number of anilines is 1. The number of fused-ring (bicyclic) bond motifs is 1. The first-order valence-corrected chi connectivity index (χ1v) is 11.4. The molecule has 0 aliphatic heterocycles. The van der Waals surface area contributed by atoms with Gasteiger partial charge in [0.1, 0.15) is 5.82 Å². The van der Waals surface area contributed by atoms with E-state index >= 15 is 0 Å². The fourth-order valence-electron chi connectivity index (χ4n) is 4.69. The molecule has 5 nitrogen and oxygen atoms in total. The summed E-state index contributed by atoms with van der Waals surface area (Å²) in [5.74, 6) is 1.52. The van der Waals surface area contributed by atoms with Gasteiger partial charge in [-0.2, -0.15) is 0 Å². The number of imidazole rings is 1. The quantitative estimate of drug-likeness (QED) is 0.417. The van der Waals surface area contributed by atoms with E-state index in [1.54, 1.807) is 0 Å². The molecule has 5 heteroatoms. The van der Waals surface area contributed by atoms with E-state index in [9.17, 15) is 4.79 Å². The summed E-state index contributed by atoms with van der Waals surface area (Å²) in [5, 5.41) is 2.99. The normalized spacial score (nSPS) is 14.6. The molecule has 0 bridgehead atoms. The number of aromatic nitrogens is 3. The van der Waals surface area contributed by atoms with Gasteiger partial charge in [0, 0.05) is 35.1 Å². The molecule has 162 valence electrons. The fourth-order valence-corrected chi connectivity index (χ4v) is 4.69. The van der Waals surface area contributed by atoms with Crippen LogP contribution in [0.4, 0.5) is 5.69 Å². The molecule has 32 heavy (non-hydrogen) atoms. The van der Waals surface area contributed by atoms with Crippen LogP contribution in [0.15, 0.2) is 61.1 Å². The Morgan fingerprint density at radius 3 is 2.56 bits per heavy atom. The lowest BCUT2D eigenvalue weighted by Gasteiger charge is -2.20. The molecule has 5 rings (SSSR count). The van der Waals surface area contributed by atoms with Crippen molar-refractivity contribution in [2.75, 3.05) is 5.32 Å². The molecule has 1 fully saturated rings. The highest BCUT2D eigenvalue weighted by atomic mass is 16.1. The standard InChI is InChI=1S/C27H28N4O/c1-18-10-12-22(13-11-18)30-27(32)24-15-21(16-28-19(24)2)23-9-6-14-31-25(23)17-29-26(31)20-7-4-3-5-8-20/h6,9-17,20H,3-5,7-8H2,1-2H3,(H,30,32). The fraction of sp³-hybridized carbons (Fsp3) is 0.296. The van der Waals surface area contributed by atoms with Crippen LogP contribution in [-0.2, 0) is 0 Å². The highest BCUT2D eigenvalue weighted by molar-refractivity contribution is 6.05. The summed E-state index contributed by atoms with van der Waals surface area (Å²) in [5.41, 5.74) is 6.25. The molecule has 3 aromatic heterocycles. The van der Waals surface area contributed by atoms with E-state index in [0.29, 0.717) is 17.2 Å². The zero-order chi connectivity index (χ0) is 22.1. The van der Waals surface area contributed by atoms with E-state index in [0.717, 1.165) is 33.7 Å². The third kappa shape index (κ3) is 3.91. The van der Waals surface area contributed by atoms with Crippen molar-refractivity contribution >= 4 is 17.1 Å².